The van der Waals surface area contributed by atoms with Crippen molar-refractivity contribution in [2.24, 2.45) is 5.73 Å². The van der Waals surface area contributed by atoms with Gasteiger partial charge in [-0.3, -0.25) is 0 Å². The monoisotopic (exact) mass is 270 g/mol. The van der Waals surface area contributed by atoms with Crippen LogP contribution in [-0.2, 0) is 19.4 Å². The number of nitrogens with zero attached hydrogens (tertiary/aromatic N) is 1. The summed E-state index contributed by atoms with van der Waals surface area (Å²) < 4.78 is 7.77. The van der Waals surface area contributed by atoms with Gasteiger partial charge in [-0.05, 0) is 41.7 Å². The van der Waals surface area contributed by atoms with Gasteiger partial charge >= 0.3 is 0 Å². The fourth-order valence-corrected chi connectivity index (χ4v) is 2.71. The highest BCUT2D eigenvalue weighted by Gasteiger charge is 2.12. The highest BCUT2D eigenvalue weighted by atomic mass is 16.5. The second kappa shape index (κ2) is 5.71. The van der Waals surface area contributed by atoms with Crippen molar-refractivity contribution in [2.45, 2.75) is 38.8 Å². The van der Waals surface area contributed by atoms with Crippen molar-refractivity contribution in [3.63, 3.8) is 0 Å². The quantitative estimate of drug-likeness (QED) is 0.907. The number of hydrogen-bond acceptors (Lipinski definition) is 2. The van der Waals surface area contributed by atoms with Crippen molar-refractivity contribution in [1.29, 1.82) is 0 Å². The minimum atomic E-state index is 0.161. The van der Waals surface area contributed by atoms with E-state index in [9.17, 15) is 0 Å². The Labute approximate surface area is 120 Å². The van der Waals surface area contributed by atoms with E-state index < -0.39 is 0 Å². The molecular formula is C17H22N2O. The predicted octanol–water partition coefficient (Wildman–Crippen LogP) is 3.08. The lowest BCUT2D eigenvalue weighted by Gasteiger charge is -2.07. The van der Waals surface area contributed by atoms with E-state index in [4.69, 9.17) is 10.5 Å². The van der Waals surface area contributed by atoms with E-state index in [-0.39, 0.29) is 6.04 Å². The van der Waals surface area contributed by atoms with Crippen LogP contribution >= 0.6 is 0 Å². The summed E-state index contributed by atoms with van der Waals surface area (Å²) in [6.07, 6.45) is 7.37. The van der Waals surface area contributed by atoms with Crippen LogP contribution in [0.4, 0.5) is 0 Å². The van der Waals surface area contributed by atoms with Gasteiger partial charge in [0, 0.05) is 31.4 Å². The van der Waals surface area contributed by atoms with Crippen molar-refractivity contribution in [1.82, 2.24) is 4.57 Å². The first-order valence-corrected chi connectivity index (χ1v) is 7.42. The molecule has 0 saturated carbocycles. The third kappa shape index (κ3) is 2.73. The Hall–Kier alpha value is -1.74. The summed E-state index contributed by atoms with van der Waals surface area (Å²) in [5, 5.41) is 0. The highest BCUT2D eigenvalue weighted by molar-refractivity contribution is 5.39. The molecule has 1 aliphatic rings. The largest absolute Gasteiger partial charge is 0.493 e. The summed E-state index contributed by atoms with van der Waals surface area (Å²) in [5.74, 6) is 1.06. The predicted molar refractivity (Wildman–Crippen MR) is 81.0 cm³/mol. The van der Waals surface area contributed by atoms with Crippen molar-refractivity contribution in [2.75, 3.05) is 6.61 Å². The van der Waals surface area contributed by atoms with Gasteiger partial charge in [-0.2, -0.15) is 0 Å². The van der Waals surface area contributed by atoms with Gasteiger partial charge in [0.2, 0.25) is 0 Å². The summed E-state index contributed by atoms with van der Waals surface area (Å²) in [5.41, 5.74) is 10.0. The Balaban J connectivity index is 1.63. The van der Waals surface area contributed by atoms with Gasteiger partial charge in [0.15, 0.2) is 0 Å². The first-order valence-electron chi connectivity index (χ1n) is 7.42. The number of aromatic nitrogens is 1. The van der Waals surface area contributed by atoms with Crippen LogP contribution in [0.2, 0.25) is 0 Å². The number of rotatable bonds is 5. The van der Waals surface area contributed by atoms with Crippen LogP contribution in [0.5, 0.6) is 5.75 Å². The molecule has 0 radical (unpaired) electrons. The number of hydrogen-bond donors (Lipinski definition) is 1. The molecular weight excluding hydrogens is 248 g/mol. The Morgan fingerprint density at radius 2 is 2.25 bits per heavy atom. The Kier molecular flexibility index (Phi) is 3.79. The maximum absolute atomic E-state index is 6.05. The molecule has 0 bridgehead atoms. The molecule has 1 aliphatic heterocycles. The molecule has 106 valence electrons. The van der Waals surface area contributed by atoms with Crippen molar-refractivity contribution >= 4 is 0 Å². The standard InChI is InChI=1S/C17H22N2O/c1-2-16(18)15-6-9-19(12-15)8-5-13-3-4-17-14(11-13)7-10-20-17/h3-4,6,9,11-12,16H,2,5,7-8,10,18H2,1H3. The van der Waals surface area contributed by atoms with Crippen LogP contribution in [0.3, 0.4) is 0 Å². The van der Waals surface area contributed by atoms with E-state index in [2.05, 4.69) is 48.1 Å². The Morgan fingerprint density at radius 3 is 3.10 bits per heavy atom. The third-order valence-electron chi connectivity index (χ3n) is 4.05. The molecule has 2 aromatic rings. The molecule has 3 nitrogen and oxygen atoms in total. The second-order valence-corrected chi connectivity index (χ2v) is 5.49. The number of aryl methyl sites for hydroxylation is 2. The van der Waals surface area contributed by atoms with E-state index in [1.165, 1.54) is 16.7 Å². The molecule has 0 aliphatic carbocycles. The topological polar surface area (TPSA) is 40.2 Å². The summed E-state index contributed by atoms with van der Waals surface area (Å²) in [4.78, 5) is 0. The molecule has 0 amide bonds. The normalized spacial score (nSPS) is 14.9. The average Bonchev–Trinajstić information content (AvgIpc) is 3.12. The minimum Gasteiger partial charge on any atom is -0.493 e. The molecule has 1 unspecified atom stereocenters. The SMILES string of the molecule is CCC(N)c1ccn(CCc2ccc3c(c2)CCO3)c1. The number of fused-ring (bicyclic) bond motifs is 1. The molecule has 2 heterocycles. The van der Waals surface area contributed by atoms with Gasteiger partial charge in [-0.25, -0.2) is 0 Å². The van der Waals surface area contributed by atoms with E-state index in [0.717, 1.165) is 38.2 Å². The average molecular weight is 270 g/mol. The molecule has 1 atom stereocenters. The maximum Gasteiger partial charge on any atom is 0.122 e. The second-order valence-electron chi connectivity index (χ2n) is 5.49. The minimum absolute atomic E-state index is 0.161. The lowest BCUT2D eigenvalue weighted by molar-refractivity contribution is 0.357. The van der Waals surface area contributed by atoms with Crippen LogP contribution in [0.1, 0.15) is 36.1 Å². The van der Waals surface area contributed by atoms with Crippen molar-refractivity contribution in [3.05, 3.63) is 53.3 Å². The number of nitrogens with two attached hydrogens (primary N) is 1. The Bertz CT molecular complexity index is 588. The van der Waals surface area contributed by atoms with Gasteiger partial charge in [-0.1, -0.05) is 19.1 Å². The first kappa shape index (κ1) is 13.3. The first-order chi connectivity index (χ1) is 9.76. The van der Waals surface area contributed by atoms with Crippen molar-refractivity contribution < 1.29 is 4.74 Å². The van der Waals surface area contributed by atoms with Crippen molar-refractivity contribution in [3.8, 4) is 5.75 Å². The summed E-state index contributed by atoms with van der Waals surface area (Å²) in [7, 11) is 0. The number of benzene rings is 1. The van der Waals surface area contributed by atoms with Gasteiger partial charge < -0.3 is 15.0 Å². The fraction of sp³-hybridized carbons (Fsp3) is 0.412. The summed E-state index contributed by atoms with van der Waals surface area (Å²) >= 11 is 0. The molecule has 0 saturated heterocycles. The lowest BCUT2D eigenvalue weighted by atomic mass is 10.1. The fourth-order valence-electron chi connectivity index (χ4n) is 2.71. The maximum atomic E-state index is 6.05. The third-order valence-corrected chi connectivity index (χ3v) is 4.05. The Morgan fingerprint density at radius 1 is 1.35 bits per heavy atom. The molecule has 3 rings (SSSR count). The lowest BCUT2D eigenvalue weighted by Crippen LogP contribution is -2.07. The van der Waals surface area contributed by atoms with Crippen LogP contribution in [0.25, 0.3) is 0 Å². The molecule has 1 aromatic carbocycles. The smallest absolute Gasteiger partial charge is 0.122 e. The molecule has 0 fully saturated rings. The number of ether oxygens (including phenoxy) is 1. The zero-order valence-electron chi connectivity index (χ0n) is 12.0. The van der Waals surface area contributed by atoms with E-state index in [1.54, 1.807) is 0 Å². The van der Waals surface area contributed by atoms with Crippen LogP contribution in [-0.4, -0.2) is 11.2 Å². The molecule has 0 spiro atoms. The molecule has 20 heavy (non-hydrogen) atoms. The van der Waals surface area contributed by atoms with Crippen LogP contribution in [0.15, 0.2) is 36.7 Å². The van der Waals surface area contributed by atoms with E-state index in [1.807, 2.05) is 0 Å². The highest BCUT2D eigenvalue weighted by Crippen LogP contribution is 2.26. The van der Waals surface area contributed by atoms with Gasteiger partial charge in [-0.15, -0.1) is 0 Å². The van der Waals surface area contributed by atoms with E-state index >= 15 is 0 Å². The summed E-state index contributed by atoms with van der Waals surface area (Å²) in [6.45, 7) is 3.94. The molecule has 3 heteroatoms. The molecule has 2 N–H and O–H groups in total. The summed E-state index contributed by atoms with van der Waals surface area (Å²) in [6, 6.07) is 8.85. The van der Waals surface area contributed by atoms with Gasteiger partial charge in [0.25, 0.3) is 0 Å². The molecule has 1 aromatic heterocycles. The van der Waals surface area contributed by atoms with Crippen LogP contribution < -0.4 is 10.5 Å². The van der Waals surface area contributed by atoms with Crippen LogP contribution in [0, 0.1) is 0 Å². The van der Waals surface area contributed by atoms with Gasteiger partial charge in [0.1, 0.15) is 5.75 Å². The van der Waals surface area contributed by atoms with E-state index in [0.29, 0.717) is 0 Å². The zero-order valence-corrected chi connectivity index (χ0v) is 12.0. The van der Waals surface area contributed by atoms with Gasteiger partial charge in [0.05, 0.1) is 6.61 Å². The zero-order chi connectivity index (χ0) is 13.9.